The molecule has 0 unspecified atom stereocenters. The predicted octanol–water partition coefficient (Wildman–Crippen LogP) is 4.00. The molecule has 26 heavy (non-hydrogen) atoms. The minimum atomic E-state index is -3.80. The van der Waals surface area contributed by atoms with Crippen molar-refractivity contribution < 1.29 is 8.42 Å². The van der Waals surface area contributed by atoms with Gasteiger partial charge in [0, 0.05) is 43.4 Å². The van der Waals surface area contributed by atoms with Crippen LogP contribution in [0.5, 0.6) is 0 Å². The number of likely N-dealkylation sites (N-methyl/N-ethyl adjacent to an activating group) is 1. The van der Waals surface area contributed by atoms with Gasteiger partial charge in [0.15, 0.2) is 0 Å². The maximum absolute atomic E-state index is 13.1. The quantitative estimate of drug-likeness (QED) is 0.630. The molecule has 1 aromatic carbocycles. The summed E-state index contributed by atoms with van der Waals surface area (Å²) in [6, 6.07) is 9.00. The fourth-order valence-corrected chi connectivity index (χ4v) is 6.73. The second-order valence-electron chi connectivity index (χ2n) is 6.31. The van der Waals surface area contributed by atoms with Gasteiger partial charge in [0.25, 0.3) is 10.0 Å². The highest BCUT2D eigenvalue weighted by molar-refractivity contribution is 7.90. The van der Waals surface area contributed by atoms with Gasteiger partial charge in [0.1, 0.15) is 9.23 Å². The molecular formula is C17H17Cl2N3O2S2. The van der Waals surface area contributed by atoms with Gasteiger partial charge in [-0.15, -0.1) is 11.3 Å². The van der Waals surface area contributed by atoms with Gasteiger partial charge < -0.3 is 9.80 Å². The molecule has 0 saturated carbocycles. The van der Waals surface area contributed by atoms with Gasteiger partial charge in [-0.3, -0.25) is 0 Å². The molecule has 5 nitrogen and oxygen atoms in total. The fraction of sp³-hybridized carbons (Fsp3) is 0.294. The summed E-state index contributed by atoms with van der Waals surface area (Å²) in [7, 11) is -1.70. The Morgan fingerprint density at radius 1 is 1.08 bits per heavy atom. The Bertz CT molecular complexity index is 1070. The van der Waals surface area contributed by atoms with Gasteiger partial charge >= 0.3 is 0 Å². The monoisotopic (exact) mass is 429 g/mol. The van der Waals surface area contributed by atoms with Gasteiger partial charge in [-0.2, -0.15) is 0 Å². The first kappa shape index (κ1) is 18.1. The van der Waals surface area contributed by atoms with E-state index in [-0.39, 0.29) is 9.23 Å². The normalized spacial score (nSPS) is 16.5. The minimum Gasteiger partial charge on any atom is -0.368 e. The third-order valence-corrected chi connectivity index (χ3v) is 8.12. The van der Waals surface area contributed by atoms with E-state index >= 15 is 0 Å². The van der Waals surface area contributed by atoms with Crippen LogP contribution in [-0.4, -0.2) is 50.5 Å². The number of anilines is 1. The largest absolute Gasteiger partial charge is 0.368 e. The van der Waals surface area contributed by atoms with Crippen LogP contribution < -0.4 is 4.90 Å². The van der Waals surface area contributed by atoms with Crippen molar-refractivity contribution in [1.29, 1.82) is 0 Å². The molecule has 4 rings (SSSR count). The topological polar surface area (TPSA) is 45.5 Å². The third kappa shape index (κ3) is 3.01. The summed E-state index contributed by atoms with van der Waals surface area (Å²) in [6.45, 7) is 3.80. The lowest BCUT2D eigenvalue weighted by Gasteiger charge is -2.34. The number of hydrogen-bond acceptors (Lipinski definition) is 5. The Labute approximate surface area is 166 Å². The van der Waals surface area contributed by atoms with Crippen LogP contribution >= 0.6 is 34.5 Å². The SMILES string of the molecule is CN1CCN(c2cccc3c2ccn3S(=O)(=O)c2cc(Cl)sc2Cl)CC1. The number of benzene rings is 1. The summed E-state index contributed by atoms with van der Waals surface area (Å²) in [5, 5.41) is 0.915. The summed E-state index contributed by atoms with van der Waals surface area (Å²) >= 11 is 13.1. The number of aromatic nitrogens is 1. The molecule has 2 aromatic heterocycles. The van der Waals surface area contributed by atoms with Crippen molar-refractivity contribution in [1.82, 2.24) is 8.87 Å². The van der Waals surface area contributed by atoms with Crippen molar-refractivity contribution in [3.8, 4) is 0 Å². The first-order valence-corrected chi connectivity index (χ1v) is 11.1. The molecule has 0 amide bonds. The summed E-state index contributed by atoms with van der Waals surface area (Å²) in [4.78, 5) is 4.62. The first-order chi connectivity index (χ1) is 12.4. The summed E-state index contributed by atoms with van der Waals surface area (Å²) in [5.41, 5.74) is 1.69. The molecule has 1 fully saturated rings. The molecule has 1 aliphatic heterocycles. The van der Waals surface area contributed by atoms with Gasteiger partial charge in [-0.25, -0.2) is 12.4 Å². The van der Waals surface area contributed by atoms with Crippen LogP contribution in [0.1, 0.15) is 0 Å². The number of rotatable bonds is 3. The first-order valence-electron chi connectivity index (χ1n) is 8.12. The lowest BCUT2D eigenvalue weighted by atomic mass is 10.2. The summed E-state index contributed by atoms with van der Waals surface area (Å²) < 4.78 is 28.0. The number of hydrogen-bond donors (Lipinski definition) is 0. The number of thiophene rings is 1. The number of fused-ring (bicyclic) bond motifs is 1. The van der Waals surface area contributed by atoms with Crippen LogP contribution in [0.3, 0.4) is 0 Å². The van der Waals surface area contributed by atoms with E-state index in [1.165, 1.54) is 10.0 Å². The molecule has 0 atom stereocenters. The Balaban J connectivity index is 1.81. The van der Waals surface area contributed by atoms with Crippen molar-refractivity contribution in [3.05, 3.63) is 45.2 Å². The zero-order valence-electron chi connectivity index (χ0n) is 14.0. The van der Waals surface area contributed by atoms with E-state index < -0.39 is 10.0 Å². The maximum Gasteiger partial charge on any atom is 0.270 e. The van der Waals surface area contributed by atoms with E-state index in [2.05, 4.69) is 16.8 Å². The third-order valence-electron chi connectivity index (χ3n) is 4.68. The highest BCUT2D eigenvalue weighted by atomic mass is 35.5. The van der Waals surface area contributed by atoms with E-state index in [1.807, 2.05) is 24.3 Å². The van der Waals surface area contributed by atoms with Gasteiger partial charge in [0.05, 0.1) is 9.85 Å². The molecule has 138 valence electrons. The highest BCUT2D eigenvalue weighted by Crippen LogP contribution is 2.37. The van der Waals surface area contributed by atoms with E-state index in [4.69, 9.17) is 23.2 Å². The zero-order chi connectivity index (χ0) is 18.5. The lowest BCUT2D eigenvalue weighted by molar-refractivity contribution is 0.313. The molecular weight excluding hydrogens is 413 g/mol. The molecule has 0 radical (unpaired) electrons. The van der Waals surface area contributed by atoms with Crippen molar-refractivity contribution in [2.45, 2.75) is 4.90 Å². The van der Waals surface area contributed by atoms with Crippen LogP contribution in [-0.2, 0) is 10.0 Å². The van der Waals surface area contributed by atoms with Crippen LogP contribution in [0.25, 0.3) is 10.9 Å². The van der Waals surface area contributed by atoms with E-state index in [9.17, 15) is 8.42 Å². The van der Waals surface area contributed by atoms with Crippen LogP contribution in [0.4, 0.5) is 5.69 Å². The second-order valence-corrected chi connectivity index (χ2v) is 10.4. The minimum absolute atomic E-state index is 0.0386. The van der Waals surface area contributed by atoms with E-state index in [0.29, 0.717) is 9.85 Å². The Morgan fingerprint density at radius 2 is 1.81 bits per heavy atom. The van der Waals surface area contributed by atoms with Crippen molar-refractivity contribution in [2.75, 3.05) is 38.1 Å². The summed E-state index contributed by atoms with van der Waals surface area (Å²) in [5.74, 6) is 0. The molecule has 3 heterocycles. The van der Waals surface area contributed by atoms with Gasteiger partial charge in [0.2, 0.25) is 0 Å². The predicted molar refractivity (Wildman–Crippen MR) is 109 cm³/mol. The molecule has 0 spiro atoms. The van der Waals surface area contributed by atoms with Crippen molar-refractivity contribution >= 4 is 61.2 Å². The smallest absolute Gasteiger partial charge is 0.270 e. The highest BCUT2D eigenvalue weighted by Gasteiger charge is 2.25. The Morgan fingerprint density at radius 3 is 2.46 bits per heavy atom. The molecule has 0 bridgehead atoms. The molecule has 0 N–H and O–H groups in total. The molecule has 1 aliphatic rings. The fourth-order valence-electron chi connectivity index (χ4n) is 3.27. The Kier molecular flexibility index (Phi) is 4.69. The molecule has 0 aliphatic carbocycles. The molecule has 9 heteroatoms. The number of halogens is 2. The number of piperazine rings is 1. The summed E-state index contributed by atoms with van der Waals surface area (Å²) in [6.07, 6.45) is 1.58. The van der Waals surface area contributed by atoms with E-state index in [1.54, 1.807) is 6.20 Å². The van der Waals surface area contributed by atoms with Gasteiger partial charge in [-0.05, 0) is 31.3 Å². The van der Waals surface area contributed by atoms with Crippen LogP contribution in [0.15, 0.2) is 41.4 Å². The molecule has 3 aromatic rings. The van der Waals surface area contributed by atoms with Crippen LogP contribution in [0.2, 0.25) is 8.67 Å². The van der Waals surface area contributed by atoms with Crippen molar-refractivity contribution in [2.24, 2.45) is 0 Å². The van der Waals surface area contributed by atoms with Gasteiger partial charge in [-0.1, -0.05) is 29.3 Å². The second kappa shape index (κ2) is 6.73. The zero-order valence-corrected chi connectivity index (χ0v) is 17.2. The Hall–Kier alpha value is -1.25. The number of nitrogens with zero attached hydrogens (tertiary/aromatic N) is 3. The van der Waals surface area contributed by atoms with E-state index in [0.717, 1.165) is 48.6 Å². The van der Waals surface area contributed by atoms with Crippen molar-refractivity contribution in [3.63, 3.8) is 0 Å². The average molecular weight is 430 g/mol. The lowest BCUT2D eigenvalue weighted by Crippen LogP contribution is -2.44. The average Bonchev–Trinajstić information content (AvgIpc) is 3.19. The maximum atomic E-state index is 13.1. The molecule has 1 saturated heterocycles. The standard InChI is InChI=1S/C17H17Cl2N3O2S2/c1-20-7-9-21(10-8-20)13-3-2-4-14-12(13)5-6-22(14)26(23,24)15-11-16(18)25-17(15)19/h2-6,11H,7-10H2,1H3. The van der Waals surface area contributed by atoms with Crippen LogP contribution in [0, 0.1) is 0 Å².